The Kier molecular flexibility index (Phi) is 10.3. The number of halogens is 1. The molecule has 0 atom stereocenters. The molecule has 0 unspecified atom stereocenters. The van der Waals surface area contributed by atoms with Crippen molar-refractivity contribution in [2.45, 2.75) is 32.7 Å². The van der Waals surface area contributed by atoms with Crippen molar-refractivity contribution >= 4 is 29.9 Å². The summed E-state index contributed by atoms with van der Waals surface area (Å²) < 4.78 is 5.44. The van der Waals surface area contributed by atoms with Crippen LogP contribution >= 0.6 is 24.0 Å². The van der Waals surface area contributed by atoms with Gasteiger partial charge >= 0.3 is 0 Å². The van der Waals surface area contributed by atoms with Crippen LogP contribution < -0.4 is 10.6 Å². The normalized spacial score (nSPS) is 16.0. The van der Waals surface area contributed by atoms with Crippen molar-refractivity contribution in [3.05, 3.63) is 29.8 Å². The molecule has 0 saturated carbocycles. The van der Waals surface area contributed by atoms with Gasteiger partial charge in [-0.3, -0.25) is 9.89 Å². The van der Waals surface area contributed by atoms with Gasteiger partial charge in [0.15, 0.2) is 5.96 Å². The van der Waals surface area contributed by atoms with Crippen LogP contribution in [0.25, 0.3) is 0 Å². The Hall–Kier alpha value is -1.06. The van der Waals surface area contributed by atoms with Gasteiger partial charge in [0.05, 0.1) is 19.8 Å². The minimum absolute atomic E-state index is 0. The molecule has 3 N–H and O–H groups in total. The van der Waals surface area contributed by atoms with Gasteiger partial charge in [-0.05, 0) is 44.9 Å². The first-order valence-electron chi connectivity index (χ1n) is 9.14. The Bertz CT molecular complexity index is 560. The summed E-state index contributed by atoms with van der Waals surface area (Å²) in [5.41, 5.74) is 1.12. The van der Waals surface area contributed by atoms with E-state index in [1.807, 2.05) is 12.1 Å². The minimum atomic E-state index is 0. The maximum Gasteiger partial charge on any atom is 0.191 e. The maximum absolute atomic E-state index is 9.53. The van der Waals surface area contributed by atoms with Crippen LogP contribution in [0.1, 0.15) is 26.3 Å². The number of aliphatic imine (C=N–C) groups is 1. The Balaban J connectivity index is 0.00000338. The largest absolute Gasteiger partial charge is 0.508 e. The van der Waals surface area contributed by atoms with Crippen molar-refractivity contribution in [1.29, 1.82) is 0 Å². The van der Waals surface area contributed by atoms with E-state index < -0.39 is 0 Å². The molecule has 1 aromatic carbocycles. The first-order chi connectivity index (χ1) is 12.0. The number of ether oxygens (including phenoxy) is 1. The maximum atomic E-state index is 9.53. The van der Waals surface area contributed by atoms with Crippen LogP contribution in [0, 0.1) is 0 Å². The monoisotopic (exact) mass is 476 g/mol. The molecule has 0 bridgehead atoms. The van der Waals surface area contributed by atoms with E-state index in [2.05, 4.69) is 36.3 Å². The average molecular weight is 476 g/mol. The standard InChI is InChI=1S/C19H32N4O2.HI/c1-4-20-18(21-9-8-16-6-5-7-17(24)14-16)22-15-19(2,3)23-10-12-25-13-11-23;/h5-7,14,24H,4,8-13,15H2,1-3H3,(H2,20,21,22);1H. The molecule has 0 spiro atoms. The van der Waals surface area contributed by atoms with Gasteiger partial charge in [-0.15, -0.1) is 24.0 Å². The van der Waals surface area contributed by atoms with Crippen molar-refractivity contribution < 1.29 is 9.84 Å². The second kappa shape index (κ2) is 11.6. The molecule has 1 heterocycles. The van der Waals surface area contributed by atoms with Gasteiger partial charge in [0, 0.05) is 31.7 Å². The van der Waals surface area contributed by atoms with E-state index in [1.165, 1.54) is 0 Å². The Morgan fingerprint density at radius 1 is 1.27 bits per heavy atom. The van der Waals surface area contributed by atoms with Crippen molar-refractivity contribution in [2.24, 2.45) is 4.99 Å². The lowest BCUT2D eigenvalue weighted by molar-refractivity contribution is -0.00683. The summed E-state index contributed by atoms with van der Waals surface area (Å²) in [7, 11) is 0. The van der Waals surface area contributed by atoms with Crippen molar-refractivity contribution in [2.75, 3.05) is 45.9 Å². The van der Waals surface area contributed by atoms with Crippen LogP contribution in [0.2, 0.25) is 0 Å². The summed E-state index contributed by atoms with van der Waals surface area (Å²) in [5.74, 6) is 1.15. The molecule has 1 aliphatic rings. The minimum Gasteiger partial charge on any atom is -0.508 e. The third-order valence-electron chi connectivity index (χ3n) is 4.45. The molecule has 0 aromatic heterocycles. The number of benzene rings is 1. The summed E-state index contributed by atoms with van der Waals surface area (Å²) in [6.45, 7) is 12.4. The van der Waals surface area contributed by atoms with E-state index in [-0.39, 0.29) is 29.5 Å². The van der Waals surface area contributed by atoms with Gasteiger partial charge in [0.2, 0.25) is 0 Å². The van der Waals surface area contributed by atoms with Crippen LogP contribution in [-0.2, 0) is 11.2 Å². The molecule has 0 amide bonds. The third kappa shape index (κ3) is 7.67. The number of phenolic OH excluding ortho intramolecular Hbond substituents is 1. The zero-order valence-electron chi connectivity index (χ0n) is 16.1. The molecule has 1 aromatic rings. The summed E-state index contributed by atoms with van der Waals surface area (Å²) >= 11 is 0. The second-order valence-corrected chi connectivity index (χ2v) is 6.95. The Morgan fingerprint density at radius 2 is 2.00 bits per heavy atom. The number of phenols is 1. The van der Waals surface area contributed by atoms with E-state index >= 15 is 0 Å². The summed E-state index contributed by atoms with van der Waals surface area (Å²) in [6, 6.07) is 7.38. The fourth-order valence-electron chi connectivity index (χ4n) is 2.92. The van der Waals surface area contributed by atoms with Crippen LogP contribution in [0.4, 0.5) is 0 Å². The number of nitrogens with zero attached hydrogens (tertiary/aromatic N) is 2. The number of rotatable bonds is 7. The zero-order valence-corrected chi connectivity index (χ0v) is 18.5. The second-order valence-electron chi connectivity index (χ2n) is 6.95. The van der Waals surface area contributed by atoms with Gasteiger partial charge in [0.1, 0.15) is 5.75 Å². The highest BCUT2D eigenvalue weighted by Gasteiger charge is 2.28. The molecule has 1 fully saturated rings. The fraction of sp³-hybridized carbons (Fsp3) is 0.632. The molecular formula is C19H33IN4O2. The number of nitrogens with one attached hydrogen (secondary N) is 2. The molecule has 26 heavy (non-hydrogen) atoms. The van der Waals surface area contributed by atoms with Gasteiger partial charge in [-0.2, -0.15) is 0 Å². The quantitative estimate of drug-likeness (QED) is 0.320. The highest BCUT2D eigenvalue weighted by molar-refractivity contribution is 14.0. The van der Waals surface area contributed by atoms with E-state index in [1.54, 1.807) is 12.1 Å². The Labute approximate surface area is 174 Å². The molecular weight excluding hydrogens is 443 g/mol. The van der Waals surface area contributed by atoms with E-state index in [4.69, 9.17) is 9.73 Å². The van der Waals surface area contributed by atoms with E-state index in [0.717, 1.165) is 63.9 Å². The summed E-state index contributed by atoms with van der Waals surface area (Å²) in [6.07, 6.45) is 0.839. The average Bonchev–Trinajstić information content (AvgIpc) is 2.60. The smallest absolute Gasteiger partial charge is 0.191 e. The Morgan fingerprint density at radius 3 is 2.65 bits per heavy atom. The van der Waals surface area contributed by atoms with E-state index in [9.17, 15) is 5.11 Å². The van der Waals surface area contributed by atoms with Gasteiger partial charge in [0.25, 0.3) is 0 Å². The molecule has 2 rings (SSSR count). The number of morpholine rings is 1. The van der Waals surface area contributed by atoms with Crippen molar-refractivity contribution in [3.63, 3.8) is 0 Å². The van der Waals surface area contributed by atoms with Gasteiger partial charge in [-0.25, -0.2) is 0 Å². The lowest BCUT2D eigenvalue weighted by Crippen LogP contribution is -2.52. The lowest BCUT2D eigenvalue weighted by atomic mass is 10.0. The zero-order chi connectivity index (χ0) is 18.1. The topological polar surface area (TPSA) is 69.1 Å². The van der Waals surface area contributed by atoms with Crippen LogP contribution in [0.15, 0.2) is 29.3 Å². The number of hydrogen-bond donors (Lipinski definition) is 3. The molecule has 148 valence electrons. The SMILES string of the molecule is CCNC(=NCC(C)(C)N1CCOCC1)NCCc1cccc(O)c1.I. The number of hydrogen-bond acceptors (Lipinski definition) is 4. The van der Waals surface area contributed by atoms with Crippen molar-refractivity contribution in [1.82, 2.24) is 15.5 Å². The first-order valence-corrected chi connectivity index (χ1v) is 9.14. The summed E-state index contributed by atoms with van der Waals surface area (Å²) in [4.78, 5) is 7.21. The highest BCUT2D eigenvalue weighted by Crippen LogP contribution is 2.16. The number of aromatic hydroxyl groups is 1. The molecule has 0 aliphatic carbocycles. The predicted molar refractivity (Wildman–Crippen MR) is 118 cm³/mol. The van der Waals surface area contributed by atoms with Crippen LogP contribution in [-0.4, -0.2) is 67.4 Å². The third-order valence-corrected chi connectivity index (χ3v) is 4.45. The molecule has 6 nitrogen and oxygen atoms in total. The first kappa shape index (κ1) is 23.0. The van der Waals surface area contributed by atoms with E-state index in [0.29, 0.717) is 5.75 Å². The number of guanidine groups is 1. The van der Waals surface area contributed by atoms with Crippen molar-refractivity contribution in [3.8, 4) is 5.75 Å². The van der Waals surface area contributed by atoms with Gasteiger partial charge < -0.3 is 20.5 Å². The molecule has 1 saturated heterocycles. The lowest BCUT2D eigenvalue weighted by Gasteiger charge is -2.39. The molecule has 0 radical (unpaired) electrons. The fourth-order valence-corrected chi connectivity index (χ4v) is 2.92. The molecule has 1 aliphatic heterocycles. The summed E-state index contributed by atoms with van der Waals surface area (Å²) in [5, 5.41) is 16.2. The van der Waals surface area contributed by atoms with Crippen LogP contribution in [0.3, 0.4) is 0 Å². The molecule has 7 heteroatoms. The predicted octanol–water partition coefficient (Wildman–Crippen LogP) is 2.22. The highest BCUT2D eigenvalue weighted by atomic mass is 127. The van der Waals surface area contributed by atoms with Gasteiger partial charge in [-0.1, -0.05) is 12.1 Å². The van der Waals surface area contributed by atoms with Crippen LogP contribution in [0.5, 0.6) is 5.75 Å².